The van der Waals surface area contributed by atoms with Crippen LogP contribution in [0.4, 0.5) is 0 Å². The zero-order chi connectivity index (χ0) is 19.0. The van der Waals surface area contributed by atoms with Crippen molar-refractivity contribution in [1.29, 1.82) is 0 Å². The van der Waals surface area contributed by atoms with Gasteiger partial charge in [0.2, 0.25) is 5.78 Å². The summed E-state index contributed by atoms with van der Waals surface area (Å²) in [5.41, 5.74) is 1.98. The predicted molar refractivity (Wildman–Crippen MR) is 105 cm³/mol. The third-order valence-electron chi connectivity index (χ3n) is 5.19. The van der Waals surface area contributed by atoms with E-state index < -0.39 is 0 Å². The van der Waals surface area contributed by atoms with Crippen LogP contribution in [0.25, 0.3) is 6.08 Å². The van der Waals surface area contributed by atoms with Crippen LogP contribution in [0.2, 0.25) is 0 Å². The molecule has 0 aliphatic carbocycles. The molecule has 2 aromatic carbocycles. The van der Waals surface area contributed by atoms with Crippen LogP contribution in [0.15, 0.2) is 46.6 Å². The number of hydrogen-bond donors (Lipinski definition) is 1. The van der Waals surface area contributed by atoms with Gasteiger partial charge in [0.05, 0.1) is 18.7 Å². The van der Waals surface area contributed by atoms with Crippen molar-refractivity contribution >= 4 is 27.8 Å². The summed E-state index contributed by atoms with van der Waals surface area (Å²) in [4.78, 5) is 16.4. The minimum absolute atomic E-state index is 0.0575. The van der Waals surface area contributed by atoms with Gasteiger partial charge in [-0.25, -0.2) is 0 Å². The highest BCUT2D eigenvalue weighted by Crippen LogP contribution is 2.38. The van der Waals surface area contributed by atoms with Gasteiger partial charge in [-0.15, -0.1) is 0 Å². The van der Waals surface area contributed by atoms with Gasteiger partial charge in [0.15, 0.2) is 5.76 Å². The Balaban J connectivity index is 1.61. The van der Waals surface area contributed by atoms with Crippen molar-refractivity contribution in [2.75, 3.05) is 33.2 Å². The maximum Gasteiger partial charge on any atom is 0.231 e. The van der Waals surface area contributed by atoms with Gasteiger partial charge in [-0.3, -0.25) is 9.69 Å². The number of ether oxygens (including phenoxy) is 1. The van der Waals surface area contributed by atoms with Crippen molar-refractivity contribution in [2.45, 2.75) is 6.54 Å². The molecule has 4 rings (SSSR count). The minimum atomic E-state index is -0.164. The van der Waals surface area contributed by atoms with Crippen molar-refractivity contribution in [3.63, 3.8) is 0 Å². The second-order valence-electron chi connectivity index (χ2n) is 7.14. The van der Waals surface area contributed by atoms with Crippen molar-refractivity contribution in [3.05, 3.63) is 63.3 Å². The van der Waals surface area contributed by atoms with E-state index in [1.54, 1.807) is 12.1 Å². The summed E-state index contributed by atoms with van der Waals surface area (Å²) < 4.78 is 6.88. The Kier molecular flexibility index (Phi) is 5.04. The molecule has 2 aliphatic heterocycles. The average molecular weight is 429 g/mol. The van der Waals surface area contributed by atoms with Gasteiger partial charge in [0, 0.05) is 23.1 Å². The molecule has 0 unspecified atom stereocenters. The van der Waals surface area contributed by atoms with Gasteiger partial charge in [0.25, 0.3) is 0 Å². The van der Waals surface area contributed by atoms with Gasteiger partial charge in [-0.1, -0.05) is 39.9 Å². The van der Waals surface area contributed by atoms with E-state index in [1.807, 2.05) is 24.3 Å². The van der Waals surface area contributed by atoms with E-state index in [9.17, 15) is 9.90 Å². The zero-order valence-electron chi connectivity index (χ0n) is 15.1. The Labute approximate surface area is 167 Å². The first-order valence-electron chi connectivity index (χ1n) is 9.06. The Morgan fingerprint density at radius 1 is 1.19 bits per heavy atom. The molecule has 0 bridgehead atoms. The molecule has 0 radical (unpaired) electrons. The van der Waals surface area contributed by atoms with E-state index in [2.05, 4.69) is 27.9 Å². The number of fused-ring (bicyclic) bond motifs is 1. The Hall–Kier alpha value is -2.15. The lowest BCUT2D eigenvalue weighted by Crippen LogP contribution is -3.13. The van der Waals surface area contributed by atoms with Gasteiger partial charge in [-0.2, -0.15) is 0 Å². The van der Waals surface area contributed by atoms with Crippen LogP contribution in [0, 0.1) is 0 Å². The predicted octanol–water partition coefficient (Wildman–Crippen LogP) is 1.47. The maximum atomic E-state index is 12.7. The van der Waals surface area contributed by atoms with E-state index in [0.29, 0.717) is 23.4 Å². The summed E-state index contributed by atoms with van der Waals surface area (Å²) in [6, 6.07) is 10.7. The third-order valence-corrected chi connectivity index (χ3v) is 5.72. The summed E-state index contributed by atoms with van der Waals surface area (Å²) in [5.74, 6) is 0.496. The van der Waals surface area contributed by atoms with Gasteiger partial charge >= 0.3 is 0 Å². The van der Waals surface area contributed by atoms with Crippen LogP contribution in [-0.2, 0) is 6.54 Å². The van der Waals surface area contributed by atoms with E-state index in [-0.39, 0.29) is 17.3 Å². The van der Waals surface area contributed by atoms with E-state index >= 15 is 0 Å². The molecule has 2 aromatic rings. The molecule has 0 saturated carbocycles. The number of halogens is 1. The third kappa shape index (κ3) is 3.78. The molecule has 0 spiro atoms. The van der Waals surface area contributed by atoms with Crippen LogP contribution in [0.1, 0.15) is 21.5 Å². The number of ketones is 1. The largest absolute Gasteiger partial charge is 0.872 e. The summed E-state index contributed by atoms with van der Waals surface area (Å²) >= 11 is 3.40. The molecular weight excluding hydrogens is 408 g/mol. The number of Topliss-reactive ketones (excluding diaryl/α,β-unsaturated/α-hetero) is 1. The molecule has 0 amide bonds. The number of carbonyl (C=O) groups excluding carboxylic acids is 1. The molecule has 27 heavy (non-hydrogen) atoms. The Bertz CT molecular complexity index is 900. The zero-order valence-corrected chi connectivity index (χ0v) is 16.7. The molecule has 0 aromatic heterocycles. The second kappa shape index (κ2) is 7.46. The maximum absolute atomic E-state index is 12.7. The topological polar surface area (TPSA) is 57.0 Å². The number of hydrogen-bond acceptors (Lipinski definition) is 4. The summed E-state index contributed by atoms with van der Waals surface area (Å²) in [5, 5.41) is 12.5. The van der Waals surface area contributed by atoms with E-state index in [4.69, 9.17) is 4.74 Å². The fourth-order valence-electron chi connectivity index (χ4n) is 3.53. The first-order chi connectivity index (χ1) is 13.0. The summed E-state index contributed by atoms with van der Waals surface area (Å²) in [6.07, 6.45) is 1.73. The highest BCUT2D eigenvalue weighted by atomic mass is 79.9. The fraction of sp³-hybridized carbons (Fsp3) is 0.286. The van der Waals surface area contributed by atoms with Crippen LogP contribution in [0.5, 0.6) is 11.5 Å². The molecule has 6 heteroatoms. The number of benzene rings is 2. The van der Waals surface area contributed by atoms with Crippen LogP contribution >= 0.6 is 15.9 Å². The van der Waals surface area contributed by atoms with Gasteiger partial charge in [0.1, 0.15) is 12.3 Å². The van der Waals surface area contributed by atoms with E-state index in [1.165, 1.54) is 11.0 Å². The first-order valence-corrected chi connectivity index (χ1v) is 9.85. The number of rotatable bonds is 3. The highest BCUT2D eigenvalue weighted by Gasteiger charge is 2.31. The number of likely N-dealkylation sites (N-methyl/N-ethyl adjacent to an activating group) is 1. The molecular formula is C21H21BrN2O3. The molecule has 1 fully saturated rings. The van der Waals surface area contributed by atoms with Crippen molar-refractivity contribution in [3.8, 4) is 11.5 Å². The van der Waals surface area contributed by atoms with Crippen LogP contribution in [-0.4, -0.2) is 43.9 Å². The monoisotopic (exact) mass is 428 g/mol. The number of carbonyl (C=O) groups is 1. The molecule has 2 aliphatic rings. The summed E-state index contributed by atoms with van der Waals surface area (Å²) in [6.45, 7) is 4.57. The number of quaternary nitrogens is 1. The highest BCUT2D eigenvalue weighted by molar-refractivity contribution is 9.10. The van der Waals surface area contributed by atoms with Crippen molar-refractivity contribution < 1.29 is 19.5 Å². The number of nitrogens with one attached hydrogen (secondary N) is 1. The summed E-state index contributed by atoms with van der Waals surface area (Å²) in [7, 11) is 2.11. The van der Waals surface area contributed by atoms with Crippen molar-refractivity contribution in [1.82, 2.24) is 4.90 Å². The SMILES string of the molecule is CN1CC[NH+](Cc2c([O-])ccc3c2OC(=Cc2ccc(Br)cc2)C3=O)CC1. The van der Waals surface area contributed by atoms with Gasteiger partial charge in [-0.05, 0) is 36.9 Å². The molecule has 0 atom stereocenters. The Morgan fingerprint density at radius 3 is 2.59 bits per heavy atom. The fourth-order valence-corrected chi connectivity index (χ4v) is 3.79. The molecule has 1 N–H and O–H groups in total. The molecule has 2 heterocycles. The number of piperazine rings is 1. The number of allylic oxidation sites excluding steroid dienone is 1. The smallest absolute Gasteiger partial charge is 0.231 e. The van der Waals surface area contributed by atoms with Gasteiger partial charge < -0.3 is 14.7 Å². The first kappa shape index (κ1) is 18.2. The van der Waals surface area contributed by atoms with Crippen LogP contribution in [0.3, 0.4) is 0 Å². The van der Waals surface area contributed by atoms with Crippen molar-refractivity contribution in [2.24, 2.45) is 0 Å². The number of nitrogens with zero attached hydrogens (tertiary/aromatic N) is 1. The lowest BCUT2D eigenvalue weighted by molar-refractivity contribution is -0.918. The average Bonchev–Trinajstić information content (AvgIpc) is 2.97. The Morgan fingerprint density at radius 2 is 1.89 bits per heavy atom. The van der Waals surface area contributed by atoms with Crippen LogP contribution < -0.4 is 14.7 Å². The molecule has 1 saturated heterocycles. The second-order valence-corrected chi connectivity index (χ2v) is 8.06. The molecule has 5 nitrogen and oxygen atoms in total. The van der Waals surface area contributed by atoms with E-state index in [0.717, 1.165) is 36.2 Å². The minimum Gasteiger partial charge on any atom is -0.872 e. The normalized spacial score (nSPS) is 19.3. The quantitative estimate of drug-likeness (QED) is 0.752. The molecule has 140 valence electrons. The lowest BCUT2D eigenvalue weighted by Gasteiger charge is -2.30. The lowest BCUT2D eigenvalue weighted by atomic mass is 10.0. The standard InChI is InChI=1S/C21H21BrN2O3/c1-23-8-10-24(11-9-23)13-17-18(25)7-6-16-20(26)19(27-21(16)17)12-14-2-4-15(22)5-3-14/h2-7,12,25H,8-11,13H2,1H3.